The fourth-order valence-electron chi connectivity index (χ4n) is 1.84. The van der Waals surface area contributed by atoms with Crippen LogP contribution in [-0.2, 0) is 4.79 Å². The molecule has 1 aromatic heterocycles. The van der Waals surface area contributed by atoms with Gasteiger partial charge in [-0.2, -0.15) is 0 Å². The number of anilines is 1. The summed E-state index contributed by atoms with van der Waals surface area (Å²) in [5, 5.41) is 15.8. The third-order valence-electron chi connectivity index (χ3n) is 2.97. The zero-order valence-corrected chi connectivity index (χ0v) is 12.2. The Kier molecular flexibility index (Phi) is 5.45. The molecule has 0 spiro atoms. The van der Waals surface area contributed by atoms with Crippen LogP contribution in [0.15, 0.2) is 47.1 Å². The van der Waals surface area contributed by atoms with Gasteiger partial charge in [0.05, 0.1) is 11.2 Å². The number of nitrogens with zero attached hydrogens (tertiary/aromatic N) is 1. The summed E-state index contributed by atoms with van der Waals surface area (Å²) in [4.78, 5) is 33.3. The van der Waals surface area contributed by atoms with E-state index in [1.165, 1.54) is 30.5 Å². The Labute approximate surface area is 131 Å². The van der Waals surface area contributed by atoms with Gasteiger partial charge in [-0.1, -0.05) is 0 Å². The molecule has 2 rings (SSSR count). The minimum atomic E-state index is -0.507. The van der Waals surface area contributed by atoms with E-state index in [9.17, 15) is 19.7 Å². The third-order valence-corrected chi connectivity index (χ3v) is 2.97. The second-order valence-electron chi connectivity index (χ2n) is 4.69. The van der Waals surface area contributed by atoms with Crippen molar-refractivity contribution >= 4 is 23.2 Å². The van der Waals surface area contributed by atoms with Crippen molar-refractivity contribution in [2.45, 2.75) is 12.8 Å². The lowest BCUT2D eigenvalue weighted by atomic mass is 10.2. The molecule has 0 aliphatic rings. The minimum absolute atomic E-state index is 0.0383. The predicted molar refractivity (Wildman–Crippen MR) is 82.0 cm³/mol. The van der Waals surface area contributed by atoms with Gasteiger partial charge in [-0.25, -0.2) is 0 Å². The second-order valence-corrected chi connectivity index (χ2v) is 4.69. The lowest BCUT2D eigenvalue weighted by Gasteiger charge is -2.05. The van der Waals surface area contributed by atoms with Crippen LogP contribution in [0.1, 0.15) is 23.4 Å². The number of nitro benzene ring substituents is 1. The van der Waals surface area contributed by atoms with E-state index < -0.39 is 4.92 Å². The highest BCUT2D eigenvalue weighted by molar-refractivity contribution is 5.92. The molecule has 0 radical (unpaired) electrons. The predicted octanol–water partition coefficient (Wildman–Crippen LogP) is 2.34. The van der Waals surface area contributed by atoms with Gasteiger partial charge in [0.25, 0.3) is 11.6 Å². The van der Waals surface area contributed by atoms with Crippen molar-refractivity contribution in [2.75, 3.05) is 11.9 Å². The molecular weight excluding hydrogens is 302 g/mol. The number of nitro groups is 1. The van der Waals surface area contributed by atoms with Gasteiger partial charge in [0.15, 0.2) is 5.76 Å². The van der Waals surface area contributed by atoms with Crippen molar-refractivity contribution in [1.29, 1.82) is 0 Å². The Bertz CT molecular complexity index is 680. The summed E-state index contributed by atoms with van der Waals surface area (Å²) in [7, 11) is 0. The molecule has 0 aliphatic heterocycles. The molecule has 23 heavy (non-hydrogen) atoms. The average Bonchev–Trinajstić information content (AvgIpc) is 3.06. The van der Waals surface area contributed by atoms with Crippen LogP contribution in [0, 0.1) is 10.1 Å². The Morgan fingerprint density at radius 1 is 1.17 bits per heavy atom. The van der Waals surface area contributed by atoms with Crippen LogP contribution in [0.5, 0.6) is 0 Å². The first-order valence-electron chi connectivity index (χ1n) is 6.92. The molecule has 1 heterocycles. The number of benzene rings is 1. The van der Waals surface area contributed by atoms with Gasteiger partial charge in [-0.3, -0.25) is 19.7 Å². The average molecular weight is 317 g/mol. The Morgan fingerprint density at radius 3 is 2.52 bits per heavy atom. The van der Waals surface area contributed by atoms with Crippen LogP contribution >= 0.6 is 0 Å². The topological polar surface area (TPSA) is 114 Å². The van der Waals surface area contributed by atoms with E-state index in [0.717, 1.165) is 0 Å². The zero-order valence-electron chi connectivity index (χ0n) is 12.2. The van der Waals surface area contributed by atoms with Gasteiger partial charge < -0.3 is 15.1 Å². The van der Waals surface area contributed by atoms with E-state index in [4.69, 9.17) is 4.42 Å². The van der Waals surface area contributed by atoms with Crippen molar-refractivity contribution in [3.63, 3.8) is 0 Å². The highest BCUT2D eigenvalue weighted by Gasteiger charge is 2.09. The maximum atomic E-state index is 11.7. The summed E-state index contributed by atoms with van der Waals surface area (Å²) < 4.78 is 4.94. The van der Waals surface area contributed by atoms with Gasteiger partial charge in [0.1, 0.15) is 0 Å². The van der Waals surface area contributed by atoms with Gasteiger partial charge in [-0.15, -0.1) is 0 Å². The van der Waals surface area contributed by atoms with Crippen LogP contribution < -0.4 is 10.6 Å². The lowest BCUT2D eigenvalue weighted by Crippen LogP contribution is -2.25. The molecule has 0 atom stereocenters. The standard InChI is InChI=1S/C15H15N3O5/c19-14(17-11-5-7-12(8-6-11)18(21)22)4-1-9-16-15(20)13-3-2-10-23-13/h2-3,5-8,10H,1,4,9H2,(H,16,20)(H,17,19). The number of non-ortho nitro benzene ring substituents is 1. The van der Waals surface area contributed by atoms with Crippen molar-refractivity contribution in [2.24, 2.45) is 0 Å². The molecule has 2 amide bonds. The molecule has 2 aromatic rings. The summed E-state index contributed by atoms with van der Waals surface area (Å²) in [6.07, 6.45) is 2.09. The Morgan fingerprint density at radius 2 is 1.91 bits per heavy atom. The molecule has 2 N–H and O–H groups in total. The van der Waals surface area contributed by atoms with Crippen LogP contribution in [0.25, 0.3) is 0 Å². The number of amides is 2. The number of nitrogens with one attached hydrogen (secondary N) is 2. The first kappa shape index (κ1) is 16.2. The van der Waals surface area contributed by atoms with Crippen molar-refractivity contribution in [3.8, 4) is 0 Å². The van der Waals surface area contributed by atoms with E-state index in [0.29, 0.717) is 18.7 Å². The van der Waals surface area contributed by atoms with Crippen LogP contribution in [-0.4, -0.2) is 23.3 Å². The molecular formula is C15H15N3O5. The summed E-state index contributed by atoms with van der Waals surface area (Å²) in [5.74, 6) is -0.336. The van der Waals surface area contributed by atoms with Gasteiger partial charge in [0, 0.05) is 30.8 Å². The number of hydrogen-bond acceptors (Lipinski definition) is 5. The molecule has 0 saturated heterocycles. The zero-order chi connectivity index (χ0) is 16.7. The van der Waals surface area contributed by atoms with Gasteiger partial charge in [-0.05, 0) is 30.7 Å². The first-order valence-corrected chi connectivity index (χ1v) is 6.92. The molecule has 120 valence electrons. The Balaban J connectivity index is 1.69. The summed E-state index contributed by atoms with van der Waals surface area (Å²) in [6.45, 7) is 0.340. The number of rotatable bonds is 7. The smallest absolute Gasteiger partial charge is 0.286 e. The third kappa shape index (κ3) is 4.95. The van der Waals surface area contributed by atoms with Crippen LogP contribution in [0.2, 0.25) is 0 Å². The summed E-state index contributed by atoms with van der Waals surface area (Å²) >= 11 is 0. The SMILES string of the molecule is O=C(CCCNC(=O)c1ccco1)Nc1ccc([N+](=O)[O-])cc1. The number of furan rings is 1. The fraction of sp³-hybridized carbons (Fsp3) is 0.200. The van der Waals surface area contributed by atoms with Crippen LogP contribution in [0.3, 0.4) is 0 Å². The Hall–Kier alpha value is -3.16. The molecule has 0 fully saturated rings. The number of hydrogen-bond donors (Lipinski definition) is 2. The van der Waals surface area contributed by atoms with E-state index in [1.807, 2.05) is 0 Å². The molecule has 0 saturated carbocycles. The highest BCUT2D eigenvalue weighted by Crippen LogP contribution is 2.15. The van der Waals surface area contributed by atoms with Crippen molar-refractivity contribution in [3.05, 3.63) is 58.5 Å². The highest BCUT2D eigenvalue weighted by atomic mass is 16.6. The van der Waals surface area contributed by atoms with Gasteiger partial charge in [0.2, 0.25) is 5.91 Å². The van der Waals surface area contributed by atoms with Gasteiger partial charge >= 0.3 is 0 Å². The molecule has 0 bridgehead atoms. The quantitative estimate of drug-likeness (QED) is 0.462. The van der Waals surface area contributed by atoms with Crippen LogP contribution in [0.4, 0.5) is 11.4 Å². The molecule has 8 heteroatoms. The second kappa shape index (κ2) is 7.74. The van der Waals surface area contributed by atoms with E-state index in [-0.39, 0.29) is 29.7 Å². The fourth-order valence-corrected chi connectivity index (χ4v) is 1.84. The molecule has 8 nitrogen and oxygen atoms in total. The number of carbonyl (C=O) groups excluding carboxylic acids is 2. The normalized spacial score (nSPS) is 10.1. The number of carbonyl (C=O) groups is 2. The minimum Gasteiger partial charge on any atom is -0.459 e. The van der Waals surface area contributed by atoms with E-state index in [1.54, 1.807) is 12.1 Å². The summed E-state index contributed by atoms with van der Waals surface area (Å²) in [5.41, 5.74) is 0.448. The summed E-state index contributed by atoms with van der Waals surface area (Å²) in [6, 6.07) is 8.74. The van der Waals surface area contributed by atoms with E-state index >= 15 is 0 Å². The first-order chi connectivity index (χ1) is 11.1. The molecule has 1 aromatic carbocycles. The van der Waals surface area contributed by atoms with E-state index in [2.05, 4.69) is 10.6 Å². The lowest BCUT2D eigenvalue weighted by molar-refractivity contribution is -0.384. The molecule has 0 aliphatic carbocycles. The van der Waals surface area contributed by atoms with Crippen molar-refractivity contribution in [1.82, 2.24) is 5.32 Å². The largest absolute Gasteiger partial charge is 0.459 e. The molecule has 0 unspecified atom stereocenters. The maximum absolute atomic E-state index is 11.7. The van der Waals surface area contributed by atoms with Crippen molar-refractivity contribution < 1.29 is 18.9 Å². The monoisotopic (exact) mass is 317 g/mol. The maximum Gasteiger partial charge on any atom is 0.286 e.